The first kappa shape index (κ1) is 23.0. The lowest BCUT2D eigenvalue weighted by Crippen LogP contribution is -2.29. The molecule has 1 atom stereocenters. The summed E-state index contributed by atoms with van der Waals surface area (Å²) >= 11 is 0. The molecule has 0 radical (unpaired) electrons. The van der Waals surface area contributed by atoms with Crippen LogP contribution < -0.4 is 14.4 Å². The predicted octanol–water partition coefficient (Wildman–Crippen LogP) is 5.03. The molecule has 1 saturated heterocycles. The Bertz CT molecular complexity index is 1280. The van der Waals surface area contributed by atoms with Crippen LogP contribution in [0.4, 0.5) is 10.1 Å². The van der Waals surface area contributed by atoms with Crippen molar-refractivity contribution >= 4 is 23.1 Å². The van der Waals surface area contributed by atoms with Gasteiger partial charge in [0.05, 0.1) is 31.4 Å². The van der Waals surface area contributed by atoms with Gasteiger partial charge in [-0.3, -0.25) is 14.5 Å². The van der Waals surface area contributed by atoms with Gasteiger partial charge in [-0.25, -0.2) is 4.39 Å². The number of amides is 1. The van der Waals surface area contributed by atoms with Crippen molar-refractivity contribution < 1.29 is 28.6 Å². The molecule has 1 N–H and O–H groups in total. The van der Waals surface area contributed by atoms with Crippen molar-refractivity contribution in [2.24, 2.45) is 0 Å². The number of carbonyl (C=O) groups excluding carboxylic acids is 2. The Labute approximate surface area is 196 Å². The van der Waals surface area contributed by atoms with E-state index < -0.39 is 29.3 Å². The number of hydrogen-bond donors (Lipinski definition) is 1. The van der Waals surface area contributed by atoms with Gasteiger partial charge >= 0.3 is 0 Å². The molecule has 0 aromatic heterocycles. The van der Waals surface area contributed by atoms with Gasteiger partial charge in [0.2, 0.25) is 0 Å². The zero-order valence-electron chi connectivity index (χ0n) is 19.0. The van der Waals surface area contributed by atoms with Crippen LogP contribution in [0.2, 0.25) is 0 Å². The quantitative estimate of drug-likeness (QED) is 0.317. The summed E-state index contributed by atoms with van der Waals surface area (Å²) in [5.41, 5.74) is 1.94. The Hall–Kier alpha value is -4.13. The Kier molecular flexibility index (Phi) is 6.36. The van der Waals surface area contributed by atoms with Gasteiger partial charge < -0.3 is 14.6 Å². The Morgan fingerprint density at radius 2 is 1.74 bits per heavy atom. The number of anilines is 1. The minimum Gasteiger partial charge on any atom is -0.507 e. The van der Waals surface area contributed by atoms with Crippen molar-refractivity contribution in [1.29, 1.82) is 0 Å². The van der Waals surface area contributed by atoms with E-state index in [0.717, 1.165) is 18.1 Å². The molecule has 1 fully saturated rings. The molecule has 1 aliphatic rings. The highest BCUT2D eigenvalue weighted by molar-refractivity contribution is 6.51. The molecule has 3 aromatic carbocycles. The zero-order chi connectivity index (χ0) is 24.4. The fraction of sp³-hybridized carbons (Fsp3) is 0.185. The number of ketones is 1. The minimum atomic E-state index is -0.962. The Morgan fingerprint density at radius 3 is 2.38 bits per heavy atom. The molecule has 7 heteroatoms. The summed E-state index contributed by atoms with van der Waals surface area (Å²) in [7, 11) is 2.88. The Morgan fingerprint density at radius 1 is 1.00 bits per heavy atom. The lowest BCUT2D eigenvalue weighted by molar-refractivity contribution is -0.132. The van der Waals surface area contributed by atoms with Crippen molar-refractivity contribution in [3.8, 4) is 11.5 Å². The van der Waals surface area contributed by atoms with Crippen molar-refractivity contribution in [3.63, 3.8) is 0 Å². The van der Waals surface area contributed by atoms with E-state index in [-0.39, 0.29) is 16.9 Å². The number of Topliss-reactive ketones (excluding diaryl/α,β-unsaturated/α-hetero) is 1. The van der Waals surface area contributed by atoms with E-state index in [0.29, 0.717) is 17.0 Å². The molecular weight excluding hydrogens is 437 g/mol. The molecule has 0 bridgehead atoms. The van der Waals surface area contributed by atoms with Crippen molar-refractivity contribution in [2.45, 2.75) is 19.4 Å². The molecular formula is C27H24FNO5. The average molecular weight is 461 g/mol. The number of methoxy groups -OCH3 is 2. The van der Waals surface area contributed by atoms with Crippen LogP contribution >= 0.6 is 0 Å². The van der Waals surface area contributed by atoms with Gasteiger partial charge in [-0.15, -0.1) is 0 Å². The third-order valence-electron chi connectivity index (χ3n) is 5.89. The van der Waals surface area contributed by atoms with Crippen LogP contribution in [-0.4, -0.2) is 31.0 Å². The fourth-order valence-electron chi connectivity index (χ4n) is 4.13. The van der Waals surface area contributed by atoms with Gasteiger partial charge in [0.1, 0.15) is 23.1 Å². The summed E-state index contributed by atoms with van der Waals surface area (Å²) in [6.07, 6.45) is 0.817. The number of carbonyl (C=O) groups is 2. The molecule has 0 saturated carbocycles. The van der Waals surface area contributed by atoms with E-state index in [1.807, 2.05) is 19.1 Å². The summed E-state index contributed by atoms with van der Waals surface area (Å²) in [5.74, 6) is -2.13. The lowest BCUT2D eigenvalue weighted by Gasteiger charge is -2.26. The van der Waals surface area contributed by atoms with Gasteiger partial charge in [0, 0.05) is 5.69 Å². The molecule has 174 valence electrons. The van der Waals surface area contributed by atoms with E-state index in [9.17, 15) is 19.1 Å². The van der Waals surface area contributed by atoms with Crippen molar-refractivity contribution in [2.75, 3.05) is 19.1 Å². The third kappa shape index (κ3) is 4.01. The van der Waals surface area contributed by atoms with Crippen LogP contribution in [0.1, 0.15) is 29.7 Å². The van der Waals surface area contributed by atoms with Crippen molar-refractivity contribution in [3.05, 3.63) is 94.8 Å². The maximum absolute atomic E-state index is 14.1. The van der Waals surface area contributed by atoms with Crippen LogP contribution in [-0.2, 0) is 16.0 Å². The number of aliphatic hydroxyl groups excluding tert-OH is 1. The number of ether oxygens (including phenoxy) is 2. The van der Waals surface area contributed by atoms with Crippen LogP contribution in [0.5, 0.6) is 11.5 Å². The monoisotopic (exact) mass is 461 g/mol. The molecule has 1 amide bonds. The van der Waals surface area contributed by atoms with Crippen LogP contribution in [0.25, 0.3) is 5.76 Å². The number of halogens is 1. The number of rotatable bonds is 6. The van der Waals surface area contributed by atoms with Crippen molar-refractivity contribution in [1.82, 2.24) is 0 Å². The Balaban J connectivity index is 1.97. The highest BCUT2D eigenvalue weighted by Gasteiger charge is 2.47. The van der Waals surface area contributed by atoms with Gasteiger partial charge in [-0.1, -0.05) is 31.2 Å². The molecule has 4 rings (SSSR count). The first-order chi connectivity index (χ1) is 16.4. The van der Waals surface area contributed by atoms with E-state index in [2.05, 4.69) is 0 Å². The summed E-state index contributed by atoms with van der Waals surface area (Å²) in [4.78, 5) is 27.9. The molecule has 0 spiro atoms. The highest BCUT2D eigenvalue weighted by atomic mass is 19.1. The molecule has 1 aliphatic heterocycles. The third-order valence-corrected chi connectivity index (χ3v) is 5.89. The number of nitrogens with zero attached hydrogens (tertiary/aromatic N) is 1. The second kappa shape index (κ2) is 9.39. The van der Waals surface area contributed by atoms with Gasteiger partial charge in [-0.2, -0.15) is 0 Å². The van der Waals surface area contributed by atoms with E-state index in [1.165, 1.54) is 31.3 Å². The molecule has 34 heavy (non-hydrogen) atoms. The molecule has 0 aliphatic carbocycles. The number of hydrogen-bond acceptors (Lipinski definition) is 5. The van der Waals surface area contributed by atoms with E-state index in [4.69, 9.17) is 9.47 Å². The number of aliphatic hydroxyl groups is 1. The first-order valence-electron chi connectivity index (χ1n) is 10.8. The predicted molar refractivity (Wildman–Crippen MR) is 127 cm³/mol. The first-order valence-corrected chi connectivity index (χ1v) is 10.8. The topological polar surface area (TPSA) is 76.1 Å². The minimum absolute atomic E-state index is 0.0188. The molecule has 3 aromatic rings. The number of aryl methyl sites for hydroxylation is 1. The lowest BCUT2D eigenvalue weighted by atomic mass is 9.94. The van der Waals surface area contributed by atoms with E-state index >= 15 is 0 Å². The second-order valence-electron chi connectivity index (χ2n) is 7.81. The summed E-state index contributed by atoms with van der Waals surface area (Å²) in [5, 5.41) is 11.3. The SMILES string of the molecule is CCc1ccc(N2C(=O)C(=O)/C(=C(/O)c3cc(F)ccc3OC)C2c2cccc(OC)c2)cc1. The summed E-state index contributed by atoms with van der Waals surface area (Å²) in [6.45, 7) is 2.02. The van der Waals surface area contributed by atoms with E-state index in [1.54, 1.807) is 36.4 Å². The highest BCUT2D eigenvalue weighted by Crippen LogP contribution is 2.44. The van der Waals surface area contributed by atoms with Crippen LogP contribution in [0, 0.1) is 5.82 Å². The van der Waals surface area contributed by atoms with Gasteiger partial charge in [-0.05, 0) is 60.0 Å². The standard InChI is InChI=1S/C27H24FNO5/c1-4-16-8-11-19(12-9-16)29-24(17-6-5-7-20(14-17)33-2)23(26(31)27(29)32)25(30)21-15-18(28)10-13-22(21)34-3/h5-15,24,30H,4H2,1-3H3/b25-23+. The van der Waals surface area contributed by atoms with Crippen LogP contribution in [0.3, 0.4) is 0 Å². The van der Waals surface area contributed by atoms with Gasteiger partial charge in [0.25, 0.3) is 11.7 Å². The second-order valence-corrected chi connectivity index (χ2v) is 7.81. The fourth-order valence-corrected chi connectivity index (χ4v) is 4.13. The molecule has 6 nitrogen and oxygen atoms in total. The maximum atomic E-state index is 14.1. The molecule has 1 unspecified atom stereocenters. The summed E-state index contributed by atoms with van der Waals surface area (Å²) in [6, 6.07) is 16.8. The molecule has 1 heterocycles. The summed E-state index contributed by atoms with van der Waals surface area (Å²) < 4.78 is 24.7. The largest absolute Gasteiger partial charge is 0.507 e. The maximum Gasteiger partial charge on any atom is 0.300 e. The zero-order valence-corrected chi connectivity index (χ0v) is 19.0. The van der Waals surface area contributed by atoms with Crippen LogP contribution in [0.15, 0.2) is 72.3 Å². The van der Waals surface area contributed by atoms with Gasteiger partial charge in [0.15, 0.2) is 0 Å². The number of benzene rings is 3. The normalized spacial score (nSPS) is 17.2. The smallest absolute Gasteiger partial charge is 0.300 e. The average Bonchev–Trinajstić information content (AvgIpc) is 3.14.